The quantitative estimate of drug-likeness (QED) is 0.732. The third kappa shape index (κ3) is 4.32. The molecule has 0 saturated carbocycles. The van der Waals surface area contributed by atoms with Gasteiger partial charge < -0.3 is 4.74 Å². The lowest BCUT2D eigenvalue weighted by Crippen LogP contribution is -2.48. The summed E-state index contributed by atoms with van der Waals surface area (Å²) in [6.07, 6.45) is -0.179. The minimum atomic E-state index is -3.57. The molecule has 1 aromatic rings. The Labute approximate surface area is 160 Å². The van der Waals surface area contributed by atoms with E-state index in [0.29, 0.717) is 23.9 Å². The fourth-order valence-corrected chi connectivity index (χ4v) is 5.90. The zero-order chi connectivity index (χ0) is 19.8. The Morgan fingerprint density at radius 2 is 1.31 bits per heavy atom. The summed E-state index contributed by atoms with van der Waals surface area (Å²) >= 11 is 0. The summed E-state index contributed by atoms with van der Waals surface area (Å²) in [7, 11) is -3.57. The van der Waals surface area contributed by atoms with Gasteiger partial charge in [-0.15, -0.1) is 0 Å². The van der Waals surface area contributed by atoms with Crippen molar-refractivity contribution in [3.8, 4) is 0 Å². The van der Waals surface area contributed by atoms with Crippen LogP contribution in [-0.2, 0) is 14.8 Å². The van der Waals surface area contributed by atoms with E-state index in [4.69, 9.17) is 4.74 Å². The lowest BCUT2D eigenvalue weighted by molar-refractivity contribution is -0.0441. The van der Waals surface area contributed by atoms with Crippen molar-refractivity contribution in [2.45, 2.75) is 90.2 Å². The minimum Gasteiger partial charge on any atom is -0.373 e. The van der Waals surface area contributed by atoms with Gasteiger partial charge in [-0.25, -0.2) is 8.42 Å². The van der Waals surface area contributed by atoms with E-state index in [1.54, 1.807) is 4.31 Å². The number of hydrogen-bond donors (Lipinski definition) is 0. The van der Waals surface area contributed by atoms with Gasteiger partial charge in [-0.05, 0) is 48.3 Å². The smallest absolute Gasteiger partial charge is 0.243 e. The molecule has 4 nitrogen and oxygen atoms in total. The van der Waals surface area contributed by atoms with Crippen LogP contribution in [0.15, 0.2) is 17.0 Å². The number of benzene rings is 1. The molecule has 1 saturated heterocycles. The van der Waals surface area contributed by atoms with Crippen LogP contribution in [0.1, 0.15) is 89.8 Å². The molecule has 148 valence electrons. The first kappa shape index (κ1) is 21.4. The van der Waals surface area contributed by atoms with E-state index in [-0.39, 0.29) is 24.0 Å². The second-order valence-corrected chi connectivity index (χ2v) is 10.4. The van der Waals surface area contributed by atoms with Crippen LogP contribution in [0.4, 0.5) is 0 Å². The molecule has 0 aliphatic carbocycles. The van der Waals surface area contributed by atoms with Gasteiger partial charge in [-0.1, -0.05) is 53.7 Å². The van der Waals surface area contributed by atoms with Crippen molar-refractivity contribution in [2.75, 3.05) is 13.1 Å². The number of morpholine rings is 1. The summed E-state index contributed by atoms with van der Waals surface area (Å²) in [5, 5.41) is 0. The van der Waals surface area contributed by atoms with Crippen molar-refractivity contribution >= 4 is 10.0 Å². The molecule has 1 fully saturated rings. The fourth-order valence-electron chi connectivity index (χ4n) is 3.64. The molecular weight excluding hydrogens is 346 g/mol. The van der Waals surface area contributed by atoms with Gasteiger partial charge in [0.25, 0.3) is 0 Å². The molecule has 0 aromatic heterocycles. The van der Waals surface area contributed by atoms with Gasteiger partial charge in [-0.3, -0.25) is 0 Å². The van der Waals surface area contributed by atoms with Gasteiger partial charge in [0.1, 0.15) is 0 Å². The lowest BCUT2D eigenvalue weighted by atomic mass is 9.89. The van der Waals surface area contributed by atoms with E-state index in [0.717, 1.165) is 11.1 Å². The number of sulfonamides is 1. The summed E-state index contributed by atoms with van der Waals surface area (Å²) in [5.74, 6) is 0.656. The molecule has 5 heteroatoms. The molecule has 2 atom stereocenters. The number of nitrogens with zero attached hydrogens (tertiary/aromatic N) is 1. The van der Waals surface area contributed by atoms with E-state index < -0.39 is 10.0 Å². The van der Waals surface area contributed by atoms with E-state index >= 15 is 0 Å². The van der Waals surface area contributed by atoms with Crippen LogP contribution in [-0.4, -0.2) is 38.0 Å². The van der Waals surface area contributed by atoms with Crippen molar-refractivity contribution in [1.29, 1.82) is 0 Å². The molecule has 1 aromatic carbocycles. The molecule has 0 bridgehead atoms. The third-order valence-electron chi connectivity index (χ3n) is 5.06. The van der Waals surface area contributed by atoms with Gasteiger partial charge in [0, 0.05) is 13.1 Å². The van der Waals surface area contributed by atoms with Crippen molar-refractivity contribution in [1.82, 2.24) is 4.31 Å². The second-order valence-electron chi connectivity index (χ2n) is 8.57. The maximum Gasteiger partial charge on any atom is 0.243 e. The van der Waals surface area contributed by atoms with E-state index in [2.05, 4.69) is 53.7 Å². The van der Waals surface area contributed by atoms with Crippen LogP contribution in [0.3, 0.4) is 0 Å². The first-order chi connectivity index (χ1) is 11.9. The maximum absolute atomic E-state index is 13.7. The molecule has 2 rings (SSSR count). The zero-order valence-electron chi connectivity index (χ0n) is 17.5. The topological polar surface area (TPSA) is 46.6 Å². The Bertz CT molecular complexity index is 699. The van der Waals surface area contributed by atoms with Crippen LogP contribution in [0, 0.1) is 0 Å². The standard InChI is InChI=1S/C21H35NO3S/c1-13(2)18-9-19(14(3)4)21(20(10-18)15(5)6)26(23,24)22-11-16(7)25-17(8)12-22/h9-10,13-17H,11-12H2,1-8H3/t16-,17-/m1/s1. The zero-order valence-corrected chi connectivity index (χ0v) is 18.4. The van der Waals surface area contributed by atoms with Gasteiger partial charge in [-0.2, -0.15) is 4.31 Å². The number of ether oxygens (including phenoxy) is 1. The predicted octanol–water partition coefficient (Wildman–Crippen LogP) is 4.85. The normalized spacial score (nSPS) is 22.6. The molecule has 26 heavy (non-hydrogen) atoms. The van der Waals surface area contributed by atoms with Gasteiger partial charge in [0.05, 0.1) is 17.1 Å². The highest BCUT2D eigenvalue weighted by molar-refractivity contribution is 7.89. The Morgan fingerprint density at radius 3 is 1.65 bits per heavy atom. The van der Waals surface area contributed by atoms with Crippen molar-refractivity contribution in [2.24, 2.45) is 0 Å². The van der Waals surface area contributed by atoms with Crippen molar-refractivity contribution < 1.29 is 13.2 Å². The highest BCUT2D eigenvalue weighted by atomic mass is 32.2. The number of hydrogen-bond acceptors (Lipinski definition) is 3. The third-order valence-corrected chi connectivity index (χ3v) is 7.03. The summed E-state index contributed by atoms with van der Waals surface area (Å²) in [4.78, 5) is 0.521. The van der Waals surface area contributed by atoms with E-state index in [1.807, 2.05) is 13.8 Å². The van der Waals surface area contributed by atoms with Crippen LogP contribution in [0.2, 0.25) is 0 Å². The summed E-state index contributed by atoms with van der Waals surface area (Å²) in [6, 6.07) is 4.20. The first-order valence-electron chi connectivity index (χ1n) is 9.78. The molecule has 0 spiro atoms. The van der Waals surface area contributed by atoms with Gasteiger partial charge >= 0.3 is 0 Å². The Morgan fingerprint density at radius 1 is 0.885 bits per heavy atom. The van der Waals surface area contributed by atoms with E-state index in [9.17, 15) is 8.42 Å². The SMILES string of the molecule is CC(C)c1cc(C(C)C)c(S(=O)(=O)N2C[C@@H](C)O[C@H](C)C2)c(C(C)C)c1. The lowest BCUT2D eigenvalue weighted by Gasteiger charge is -2.36. The molecule has 0 radical (unpaired) electrons. The maximum atomic E-state index is 13.7. The average molecular weight is 382 g/mol. The van der Waals surface area contributed by atoms with Crippen molar-refractivity contribution in [3.63, 3.8) is 0 Å². The van der Waals surface area contributed by atoms with Crippen LogP contribution in [0.5, 0.6) is 0 Å². The largest absolute Gasteiger partial charge is 0.373 e. The summed E-state index contributed by atoms with van der Waals surface area (Å²) in [5.41, 5.74) is 3.08. The van der Waals surface area contributed by atoms with Gasteiger partial charge in [0.2, 0.25) is 10.0 Å². The monoisotopic (exact) mass is 381 g/mol. The highest BCUT2D eigenvalue weighted by Crippen LogP contribution is 2.37. The molecule has 0 unspecified atom stereocenters. The molecule has 1 aliphatic heterocycles. The Hall–Kier alpha value is -0.910. The van der Waals surface area contributed by atoms with Gasteiger partial charge in [0.15, 0.2) is 0 Å². The molecule has 1 heterocycles. The Kier molecular flexibility index (Phi) is 6.57. The first-order valence-corrected chi connectivity index (χ1v) is 11.2. The van der Waals surface area contributed by atoms with E-state index in [1.165, 1.54) is 5.56 Å². The summed E-state index contributed by atoms with van der Waals surface area (Å²) < 4.78 is 34.7. The van der Waals surface area contributed by atoms with Crippen molar-refractivity contribution in [3.05, 3.63) is 28.8 Å². The fraction of sp³-hybridized carbons (Fsp3) is 0.714. The molecular formula is C21H35NO3S. The summed E-state index contributed by atoms with van der Waals surface area (Å²) in [6.45, 7) is 17.3. The molecule has 0 N–H and O–H groups in total. The highest BCUT2D eigenvalue weighted by Gasteiger charge is 2.36. The van der Waals surface area contributed by atoms with Crippen LogP contribution >= 0.6 is 0 Å². The van der Waals surface area contributed by atoms with Crippen LogP contribution < -0.4 is 0 Å². The molecule has 1 aliphatic rings. The molecule has 0 amide bonds. The Balaban J connectivity index is 2.69. The number of rotatable bonds is 5. The second kappa shape index (κ2) is 7.99. The average Bonchev–Trinajstić information content (AvgIpc) is 2.52. The predicted molar refractivity (Wildman–Crippen MR) is 107 cm³/mol. The van der Waals surface area contributed by atoms with Crippen LogP contribution in [0.25, 0.3) is 0 Å². The minimum absolute atomic E-state index is 0.0894.